The first-order valence-electron chi connectivity index (χ1n) is 9.85. The number of fused-ring (bicyclic) bond motifs is 3. The van der Waals surface area contributed by atoms with Crippen LogP contribution in [0, 0.1) is 0 Å². The third-order valence-electron chi connectivity index (χ3n) is 5.74. The molecule has 1 unspecified atom stereocenters. The summed E-state index contributed by atoms with van der Waals surface area (Å²) in [7, 11) is 0. The van der Waals surface area contributed by atoms with E-state index in [0.29, 0.717) is 35.3 Å². The molecule has 4 nitrogen and oxygen atoms in total. The second-order valence-electron chi connectivity index (χ2n) is 7.52. The van der Waals surface area contributed by atoms with E-state index >= 15 is 0 Å². The van der Waals surface area contributed by atoms with E-state index in [2.05, 4.69) is 17.1 Å². The van der Waals surface area contributed by atoms with Crippen molar-refractivity contribution in [1.82, 2.24) is 4.90 Å². The van der Waals surface area contributed by atoms with Gasteiger partial charge < -0.3 is 14.7 Å². The van der Waals surface area contributed by atoms with E-state index in [1.54, 1.807) is 12.1 Å². The van der Waals surface area contributed by atoms with Crippen molar-refractivity contribution in [1.29, 1.82) is 0 Å². The van der Waals surface area contributed by atoms with Crippen LogP contribution in [0.5, 0.6) is 5.75 Å². The minimum absolute atomic E-state index is 0.276. The molecule has 30 heavy (non-hydrogen) atoms. The van der Waals surface area contributed by atoms with Gasteiger partial charge in [0.2, 0.25) is 0 Å². The van der Waals surface area contributed by atoms with Crippen LogP contribution in [0.3, 0.4) is 0 Å². The fourth-order valence-corrected chi connectivity index (χ4v) is 4.70. The zero-order valence-corrected chi connectivity index (χ0v) is 17.7. The van der Waals surface area contributed by atoms with Gasteiger partial charge in [-0.3, -0.25) is 4.99 Å². The van der Waals surface area contributed by atoms with Gasteiger partial charge in [0.25, 0.3) is 0 Å². The second kappa shape index (κ2) is 7.62. The fourth-order valence-electron chi connectivity index (χ4n) is 4.19. The van der Waals surface area contributed by atoms with Gasteiger partial charge in [-0.05, 0) is 29.8 Å². The number of hydrogen-bond donors (Lipinski definition) is 1. The van der Waals surface area contributed by atoms with E-state index in [1.807, 2.05) is 47.4 Å². The van der Waals surface area contributed by atoms with E-state index in [-0.39, 0.29) is 6.61 Å². The zero-order chi connectivity index (χ0) is 20.7. The van der Waals surface area contributed by atoms with Crippen molar-refractivity contribution in [3.05, 3.63) is 99.0 Å². The summed E-state index contributed by atoms with van der Waals surface area (Å²) in [5, 5.41) is 12.9. The van der Waals surface area contributed by atoms with Crippen molar-refractivity contribution < 1.29 is 9.84 Å². The predicted molar refractivity (Wildman–Crippen MR) is 119 cm³/mol. The van der Waals surface area contributed by atoms with Crippen molar-refractivity contribution in [2.75, 3.05) is 13.1 Å². The predicted octanol–water partition coefficient (Wildman–Crippen LogP) is 5.04. The Kier molecular flexibility index (Phi) is 4.94. The van der Waals surface area contributed by atoms with Crippen LogP contribution in [0.25, 0.3) is 0 Å². The van der Waals surface area contributed by atoms with Gasteiger partial charge >= 0.3 is 0 Å². The molecule has 6 heteroatoms. The van der Waals surface area contributed by atoms with Crippen LogP contribution in [0.4, 0.5) is 0 Å². The minimum atomic E-state index is -1.13. The summed E-state index contributed by atoms with van der Waals surface area (Å²) in [6.45, 7) is 1.66. The summed E-state index contributed by atoms with van der Waals surface area (Å²) >= 11 is 12.4. The largest absolute Gasteiger partial charge is 0.489 e. The molecule has 0 aromatic heterocycles. The van der Waals surface area contributed by atoms with Crippen molar-refractivity contribution in [2.24, 2.45) is 4.99 Å². The topological polar surface area (TPSA) is 45.1 Å². The molecule has 0 spiro atoms. The summed E-state index contributed by atoms with van der Waals surface area (Å²) in [6, 6.07) is 21.1. The van der Waals surface area contributed by atoms with Crippen LogP contribution in [-0.2, 0) is 18.8 Å². The highest BCUT2D eigenvalue weighted by Crippen LogP contribution is 2.39. The van der Waals surface area contributed by atoms with Gasteiger partial charge in [0.1, 0.15) is 18.2 Å². The molecule has 0 aliphatic carbocycles. The van der Waals surface area contributed by atoms with E-state index < -0.39 is 5.72 Å². The van der Waals surface area contributed by atoms with Gasteiger partial charge in [-0.1, -0.05) is 65.7 Å². The van der Waals surface area contributed by atoms with Gasteiger partial charge in [-0.2, -0.15) is 0 Å². The van der Waals surface area contributed by atoms with Crippen molar-refractivity contribution in [2.45, 2.75) is 18.8 Å². The van der Waals surface area contributed by atoms with Crippen LogP contribution >= 0.6 is 23.2 Å². The maximum atomic E-state index is 11.7. The minimum Gasteiger partial charge on any atom is -0.489 e. The van der Waals surface area contributed by atoms with Crippen molar-refractivity contribution in [3.63, 3.8) is 0 Å². The molecule has 5 rings (SSSR count). The Morgan fingerprint density at radius 1 is 0.967 bits per heavy atom. The van der Waals surface area contributed by atoms with Crippen LogP contribution in [-0.4, -0.2) is 28.9 Å². The SMILES string of the molecule is OC1(c2ccc(OCc3c(Cl)cccc3Cl)cc2)Cc2ccccc2C2=NCCN21. The third kappa shape index (κ3) is 3.25. The third-order valence-corrected chi connectivity index (χ3v) is 6.45. The Hall–Kier alpha value is -2.53. The number of benzene rings is 3. The first-order valence-corrected chi connectivity index (χ1v) is 10.6. The van der Waals surface area contributed by atoms with Crippen molar-refractivity contribution >= 4 is 29.0 Å². The van der Waals surface area contributed by atoms with Crippen LogP contribution in [0.1, 0.15) is 22.3 Å². The maximum absolute atomic E-state index is 11.7. The quantitative estimate of drug-likeness (QED) is 0.620. The molecule has 0 amide bonds. The number of aliphatic imine (C=N–C) groups is 1. The van der Waals surface area contributed by atoms with E-state index in [0.717, 1.165) is 28.1 Å². The van der Waals surface area contributed by atoms with E-state index in [4.69, 9.17) is 27.9 Å². The molecule has 0 bridgehead atoms. The average Bonchev–Trinajstić information content (AvgIpc) is 3.25. The van der Waals surface area contributed by atoms with Gasteiger partial charge in [0.05, 0.1) is 6.54 Å². The summed E-state index contributed by atoms with van der Waals surface area (Å²) in [5.74, 6) is 1.55. The lowest BCUT2D eigenvalue weighted by molar-refractivity contribution is -0.0745. The number of aliphatic hydroxyl groups is 1. The van der Waals surface area contributed by atoms with Crippen molar-refractivity contribution in [3.8, 4) is 5.75 Å². The molecule has 2 aliphatic rings. The van der Waals surface area contributed by atoms with Gasteiger partial charge in [0, 0.05) is 39.7 Å². The Morgan fingerprint density at radius 2 is 1.70 bits per heavy atom. The average molecular weight is 439 g/mol. The van der Waals surface area contributed by atoms with Crippen LogP contribution in [0.15, 0.2) is 71.7 Å². The molecule has 3 aromatic rings. The maximum Gasteiger partial charge on any atom is 0.169 e. The first kappa shape index (κ1) is 19.4. The van der Waals surface area contributed by atoms with Gasteiger partial charge in [-0.25, -0.2) is 0 Å². The Balaban J connectivity index is 1.40. The smallest absolute Gasteiger partial charge is 0.169 e. The molecule has 0 fully saturated rings. The second-order valence-corrected chi connectivity index (χ2v) is 8.34. The molecule has 152 valence electrons. The standard InChI is InChI=1S/C24H20Cl2N2O2/c25-21-6-3-7-22(26)20(21)15-30-18-10-8-17(9-11-18)24(29)14-16-4-1-2-5-19(16)23-27-12-13-28(23)24/h1-11,29H,12-15H2. The number of rotatable bonds is 4. The number of halogens is 2. The lowest BCUT2D eigenvalue weighted by atomic mass is 9.86. The van der Waals surface area contributed by atoms with E-state index in [1.165, 1.54) is 0 Å². The number of ether oxygens (including phenoxy) is 1. The van der Waals surface area contributed by atoms with E-state index in [9.17, 15) is 5.11 Å². The van der Waals surface area contributed by atoms with Gasteiger partial charge in [-0.15, -0.1) is 0 Å². The normalized spacial score (nSPS) is 19.8. The summed E-state index contributed by atoms with van der Waals surface area (Å²) in [5.41, 5.74) is 2.65. The highest BCUT2D eigenvalue weighted by molar-refractivity contribution is 6.35. The molecular weight excluding hydrogens is 419 g/mol. The Labute approximate surface area is 185 Å². The molecule has 2 heterocycles. The van der Waals surface area contributed by atoms with Gasteiger partial charge in [0.15, 0.2) is 5.72 Å². The number of nitrogens with zero attached hydrogens (tertiary/aromatic N) is 2. The van der Waals surface area contributed by atoms with Crippen LogP contribution < -0.4 is 4.74 Å². The molecule has 3 aromatic carbocycles. The summed E-state index contributed by atoms with van der Waals surface area (Å²) in [4.78, 5) is 6.66. The van der Waals surface area contributed by atoms with Crippen LogP contribution in [0.2, 0.25) is 10.0 Å². The molecule has 0 saturated carbocycles. The highest BCUT2D eigenvalue weighted by atomic mass is 35.5. The molecule has 0 radical (unpaired) electrons. The lowest BCUT2D eigenvalue weighted by Gasteiger charge is -2.43. The highest BCUT2D eigenvalue weighted by Gasteiger charge is 2.44. The number of amidine groups is 1. The molecule has 1 atom stereocenters. The molecular formula is C24H20Cl2N2O2. The Bertz CT molecular complexity index is 1110. The molecule has 2 aliphatic heterocycles. The molecule has 0 saturated heterocycles. The molecule has 1 N–H and O–H groups in total. The zero-order valence-electron chi connectivity index (χ0n) is 16.2. The lowest BCUT2D eigenvalue weighted by Crippen LogP contribution is -2.53. The monoisotopic (exact) mass is 438 g/mol. The Morgan fingerprint density at radius 3 is 2.47 bits per heavy atom. The fraction of sp³-hybridized carbons (Fsp3) is 0.208. The number of hydrogen-bond acceptors (Lipinski definition) is 4. The summed E-state index contributed by atoms with van der Waals surface area (Å²) in [6.07, 6.45) is 0.512. The first-order chi connectivity index (χ1) is 14.6. The summed E-state index contributed by atoms with van der Waals surface area (Å²) < 4.78 is 5.88.